The van der Waals surface area contributed by atoms with Gasteiger partial charge in [0.1, 0.15) is 13.2 Å². The minimum absolute atomic E-state index is 0.122. The number of amides is 1. The third-order valence-corrected chi connectivity index (χ3v) is 4.49. The Morgan fingerprint density at radius 2 is 1.96 bits per heavy atom. The standard InChI is InChI=1S/C17H16ClNO3S/c1-23-13-4-2-12(3-5-13)17(20)19-10-11-8-14(18)16-15(9-11)21-6-7-22-16/h2-5,8-9H,6-7,10H2,1H3,(H,19,20). The average molecular weight is 350 g/mol. The van der Waals surface area contributed by atoms with E-state index in [1.807, 2.05) is 36.6 Å². The zero-order valence-corrected chi connectivity index (χ0v) is 14.2. The topological polar surface area (TPSA) is 47.6 Å². The van der Waals surface area contributed by atoms with Crippen LogP contribution >= 0.6 is 23.4 Å². The van der Waals surface area contributed by atoms with Crippen LogP contribution in [0, 0.1) is 0 Å². The summed E-state index contributed by atoms with van der Waals surface area (Å²) in [7, 11) is 0. The first-order chi connectivity index (χ1) is 11.2. The number of benzene rings is 2. The summed E-state index contributed by atoms with van der Waals surface area (Å²) < 4.78 is 11.0. The maximum absolute atomic E-state index is 12.2. The zero-order valence-electron chi connectivity index (χ0n) is 12.6. The second kappa shape index (κ2) is 7.15. The average Bonchev–Trinajstić information content (AvgIpc) is 2.60. The van der Waals surface area contributed by atoms with Crippen LogP contribution in [0.3, 0.4) is 0 Å². The maximum Gasteiger partial charge on any atom is 0.251 e. The summed E-state index contributed by atoms with van der Waals surface area (Å²) in [6, 6.07) is 11.1. The molecule has 1 aliphatic rings. The Hall–Kier alpha value is -1.85. The van der Waals surface area contributed by atoms with Gasteiger partial charge in [-0.2, -0.15) is 0 Å². The van der Waals surface area contributed by atoms with Crippen molar-refractivity contribution in [3.63, 3.8) is 0 Å². The number of rotatable bonds is 4. The Bertz CT molecular complexity index is 719. The Morgan fingerprint density at radius 1 is 1.22 bits per heavy atom. The van der Waals surface area contributed by atoms with Crippen molar-refractivity contribution in [1.29, 1.82) is 0 Å². The smallest absolute Gasteiger partial charge is 0.251 e. The lowest BCUT2D eigenvalue weighted by Crippen LogP contribution is -2.23. The second-order valence-electron chi connectivity index (χ2n) is 5.01. The minimum atomic E-state index is -0.122. The molecule has 2 aromatic carbocycles. The van der Waals surface area contributed by atoms with E-state index < -0.39 is 0 Å². The monoisotopic (exact) mass is 349 g/mol. The third kappa shape index (κ3) is 3.74. The first kappa shape index (κ1) is 16.0. The number of carbonyl (C=O) groups excluding carboxylic acids is 1. The highest BCUT2D eigenvalue weighted by molar-refractivity contribution is 7.98. The summed E-state index contributed by atoms with van der Waals surface area (Å²) in [4.78, 5) is 13.3. The summed E-state index contributed by atoms with van der Waals surface area (Å²) in [5, 5.41) is 3.38. The van der Waals surface area contributed by atoms with E-state index in [1.165, 1.54) is 0 Å². The van der Waals surface area contributed by atoms with Crippen molar-refractivity contribution >= 4 is 29.3 Å². The summed E-state index contributed by atoms with van der Waals surface area (Å²) in [5.41, 5.74) is 1.50. The molecule has 0 fully saturated rings. The van der Waals surface area contributed by atoms with Gasteiger partial charge in [0.15, 0.2) is 11.5 Å². The maximum atomic E-state index is 12.2. The molecule has 0 unspecified atom stereocenters. The molecule has 1 N–H and O–H groups in total. The van der Waals surface area contributed by atoms with Gasteiger partial charge in [0.2, 0.25) is 0 Å². The van der Waals surface area contributed by atoms with Crippen LogP contribution in [0.25, 0.3) is 0 Å². The molecule has 23 heavy (non-hydrogen) atoms. The number of nitrogens with one attached hydrogen (secondary N) is 1. The Balaban J connectivity index is 1.67. The molecule has 0 aliphatic carbocycles. The molecular weight excluding hydrogens is 334 g/mol. The van der Waals surface area contributed by atoms with E-state index in [9.17, 15) is 4.79 Å². The van der Waals surface area contributed by atoms with Gasteiger partial charge >= 0.3 is 0 Å². The van der Waals surface area contributed by atoms with Crippen LogP contribution in [0.15, 0.2) is 41.3 Å². The number of carbonyl (C=O) groups is 1. The molecule has 120 valence electrons. The van der Waals surface area contributed by atoms with Crippen molar-refractivity contribution in [2.24, 2.45) is 0 Å². The van der Waals surface area contributed by atoms with E-state index in [1.54, 1.807) is 17.8 Å². The van der Waals surface area contributed by atoms with Gasteiger partial charge in [0.05, 0.1) is 5.02 Å². The number of ether oxygens (including phenoxy) is 2. The lowest BCUT2D eigenvalue weighted by molar-refractivity contribution is 0.0950. The van der Waals surface area contributed by atoms with Gasteiger partial charge in [0, 0.05) is 17.0 Å². The van der Waals surface area contributed by atoms with E-state index in [-0.39, 0.29) is 5.91 Å². The lowest BCUT2D eigenvalue weighted by atomic mass is 10.1. The van der Waals surface area contributed by atoms with Gasteiger partial charge in [-0.05, 0) is 48.2 Å². The number of halogens is 1. The van der Waals surface area contributed by atoms with Crippen molar-refractivity contribution < 1.29 is 14.3 Å². The molecule has 2 aromatic rings. The molecule has 3 rings (SSSR count). The highest BCUT2D eigenvalue weighted by atomic mass is 35.5. The molecule has 4 nitrogen and oxygen atoms in total. The van der Waals surface area contributed by atoms with Crippen LogP contribution in [0.4, 0.5) is 0 Å². The van der Waals surface area contributed by atoms with E-state index in [4.69, 9.17) is 21.1 Å². The minimum Gasteiger partial charge on any atom is -0.486 e. The van der Waals surface area contributed by atoms with Crippen molar-refractivity contribution in [2.75, 3.05) is 19.5 Å². The van der Waals surface area contributed by atoms with E-state index >= 15 is 0 Å². The van der Waals surface area contributed by atoms with Crippen LogP contribution in [-0.2, 0) is 6.54 Å². The molecule has 0 aromatic heterocycles. The summed E-state index contributed by atoms with van der Waals surface area (Å²) in [6.07, 6.45) is 2.00. The molecule has 0 spiro atoms. The number of fused-ring (bicyclic) bond motifs is 1. The third-order valence-electron chi connectivity index (χ3n) is 3.46. The van der Waals surface area contributed by atoms with Gasteiger partial charge in [-0.3, -0.25) is 4.79 Å². The molecule has 0 atom stereocenters. The van der Waals surface area contributed by atoms with Crippen molar-refractivity contribution in [1.82, 2.24) is 5.32 Å². The molecule has 0 saturated carbocycles. The molecule has 6 heteroatoms. The Labute approximate surface area is 144 Å². The molecule has 0 bridgehead atoms. The number of thioether (sulfide) groups is 1. The quantitative estimate of drug-likeness (QED) is 0.854. The van der Waals surface area contributed by atoms with E-state index in [2.05, 4.69) is 5.32 Å². The van der Waals surface area contributed by atoms with E-state index in [0.717, 1.165) is 10.5 Å². The highest BCUT2D eigenvalue weighted by Crippen LogP contribution is 2.38. The fourth-order valence-corrected chi connectivity index (χ4v) is 2.99. The van der Waals surface area contributed by atoms with Crippen LogP contribution < -0.4 is 14.8 Å². The molecule has 0 saturated heterocycles. The second-order valence-corrected chi connectivity index (χ2v) is 6.30. The number of hydrogen-bond acceptors (Lipinski definition) is 4. The SMILES string of the molecule is CSc1ccc(C(=O)NCc2cc(Cl)c3c(c2)OCCO3)cc1. The molecule has 1 aliphatic heterocycles. The Morgan fingerprint density at radius 3 is 2.70 bits per heavy atom. The summed E-state index contributed by atoms with van der Waals surface area (Å²) in [6.45, 7) is 1.37. The fourth-order valence-electron chi connectivity index (χ4n) is 2.29. The van der Waals surface area contributed by atoms with Gasteiger partial charge in [-0.1, -0.05) is 11.6 Å². The van der Waals surface area contributed by atoms with Gasteiger partial charge in [-0.25, -0.2) is 0 Å². The van der Waals surface area contributed by atoms with Crippen LogP contribution in [0.2, 0.25) is 5.02 Å². The van der Waals surface area contributed by atoms with Crippen LogP contribution in [0.1, 0.15) is 15.9 Å². The van der Waals surface area contributed by atoms with Crippen LogP contribution in [0.5, 0.6) is 11.5 Å². The predicted octanol–water partition coefficient (Wildman–Crippen LogP) is 3.76. The summed E-state index contributed by atoms with van der Waals surface area (Å²) in [5.74, 6) is 1.07. The molecule has 1 heterocycles. The summed E-state index contributed by atoms with van der Waals surface area (Å²) >= 11 is 7.83. The van der Waals surface area contributed by atoms with Crippen molar-refractivity contribution in [3.8, 4) is 11.5 Å². The Kier molecular flexibility index (Phi) is 4.98. The van der Waals surface area contributed by atoms with Crippen molar-refractivity contribution in [2.45, 2.75) is 11.4 Å². The molecule has 0 radical (unpaired) electrons. The highest BCUT2D eigenvalue weighted by Gasteiger charge is 2.17. The van der Waals surface area contributed by atoms with Crippen molar-refractivity contribution in [3.05, 3.63) is 52.5 Å². The van der Waals surface area contributed by atoms with E-state index in [0.29, 0.717) is 41.8 Å². The fraction of sp³-hybridized carbons (Fsp3) is 0.235. The molecule has 1 amide bonds. The first-order valence-corrected chi connectivity index (χ1v) is 8.78. The van der Waals surface area contributed by atoms with Gasteiger partial charge in [-0.15, -0.1) is 11.8 Å². The largest absolute Gasteiger partial charge is 0.486 e. The van der Waals surface area contributed by atoms with Gasteiger partial charge < -0.3 is 14.8 Å². The van der Waals surface area contributed by atoms with Crippen LogP contribution in [-0.4, -0.2) is 25.4 Å². The zero-order chi connectivity index (χ0) is 16.2. The van der Waals surface area contributed by atoms with Gasteiger partial charge in [0.25, 0.3) is 5.91 Å². The normalized spacial score (nSPS) is 12.8. The first-order valence-electron chi connectivity index (χ1n) is 7.17. The lowest BCUT2D eigenvalue weighted by Gasteiger charge is -2.20. The molecular formula is C17H16ClNO3S. The number of hydrogen-bond donors (Lipinski definition) is 1. The predicted molar refractivity (Wildman–Crippen MR) is 91.8 cm³/mol.